The van der Waals surface area contributed by atoms with Crippen molar-refractivity contribution in [2.75, 3.05) is 0 Å². The Hall–Kier alpha value is -0.930. The average molecular weight is 188 g/mol. The SMILES string of the molecule is CC(C)c1nc(C(C)(F)F)cn1C. The van der Waals surface area contributed by atoms with Crippen LogP contribution in [0.1, 0.15) is 38.2 Å². The van der Waals surface area contributed by atoms with Gasteiger partial charge < -0.3 is 4.57 Å². The minimum atomic E-state index is -2.84. The van der Waals surface area contributed by atoms with Crippen LogP contribution in [0.25, 0.3) is 0 Å². The van der Waals surface area contributed by atoms with E-state index in [-0.39, 0.29) is 11.6 Å². The molecule has 0 unspecified atom stereocenters. The highest BCUT2D eigenvalue weighted by atomic mass is 19.3. The van der Waals surface area contributed by atoms with Crippen LogP contribution in [0.5, 0.6) is 0 Å². The first kappa shape index (κ1) is 10.2. The van der Waals surface area contributed by atoms with Crippen molar-refractivity contribution in [2.45, 2.75) is 32.6 Å². The first-order valence-electron chi connectivity index (χ1n) is 4.24. The highest BCUT2D eigenvalue weighted by Crippen LogP contribution is 2.27. The molecule has 1 rings (SSSR count). The first-order chi connectivity index (χ1) is 5.82. The molecular weight excluding hydrogens is 174 g/mol. The van der Waals surface area contributed by atoms with Crippen LogP contribution in [-0.4, -0.2) is 9.55 Å². The second-order valence-corrected chi connectivity index (χ2v) is 3.64. The molecule has 0 atom stereocenters. The van der Waals surface area contributed by atoms with Gasteiger partial charge in [0.05, 0.1) is 0 Å². The highest BCUT2D eigenvalue weighted by Gasteiger charge is 2.28. The van der Waals surface area contributed by atoms with Gasteiger partial charge in [0.1, 0.15) is 11.5 Å². The smallest absolute Gasteiger partial charge is 0.288 e. The van der Waals surface area contributed by atoms with Crippen LogP contribution in [-0.2, 0) is 13.0 Å². The fourth-order valence-electron chi connectivity index (χ4n) is 1.23. The quantitative estimate of drug-likeness (QED) is 0.697. The van der Waals surface area contributed by atoms with Crippen LogP contribution in [0, 0.1) is 0 Å². The summed E-state index contributed by atoms with van der Waals surface area (Å²) in [5, 5.41) is 0. The molecule has 0 aliphatic carbocycles. The van der Waals surface area contributed by atoms with E-state index in [0.717, 1.165) is 6.92 Å². The van der Waals surface area contributed by atoms with Crippen LogP contribution in [0.2, 0.25) is 0 Å². The second kappa shape index (κ2) is 3.09. The predicted molar refractivity (Wildman–Crippen MR) is 46.9 cm³/mol. The minimum absolute atomic E-state index is 0.154. The summed E-state index contributed by atoms with van der Waals surface area (Å²) >= 11 is 0. The van der Waals surface area contributed by atoms with E-state index in [1.165, 1.54) is 6.20 Å². The number of rotatable bonds is 2. The molecule has 0 amide bonds. The lowest BCUT2D eigenvalue weighted by Crippen LogP contribution is -2.07. The summed E-state index contributed by atoms with van der Waals surface area (Å²) in [7, 11) is 1.73. The van der Waals surface area contributed by atoms with Crippen molar-refractivity contribution in [2.24, 2.45) is 7.05 Å². The maximum absolute atomic E-state index is 12.8. The molecule has 0 aliphatic heterocycles. The van der Waals surface area contributed by atoms with Crippen LogP contribution in [0.3, 0.4) is 0 Å². The molecule has 13 heavy (non-hydrogen) atoms. The van der Waals surface area contributed by atoms with Crippen LogP contribution in [0.4, 0.5) is 8.78 Å². The van der Waals surface area contributed by atoms with Gasteiger partial charge in [-0.25, -0.2) is 4.98 Å². The summed E-state index contributed by atoms with van der Waals surface area (Å²) in [5.74, 6) is -1.98. The third-order valence-electron chi connectivity index (χ3n) is 1.88. The molecule has 0 spiro atoms. The van der Waals surface area contributed by atoms with Gasteiger partial charge in [0, 0.05) is 26.1 Å². The van der Waals surface area contributed by atoms with Crippen molar-refractivity contribution >= 4 is 0 Å². The topological polar surface area (TPSA) is 17.8 Å². The number of nitrogens with zero attached hydrogens (tertiary/aromatic N) is 2. The Morgan fingerprint density at radius 3 is 2.23 bits per heavy atom. The Balaban J connectivity index is 3.10. The summed E-state index contributed by atoms with van der Waals surface area (Å²) in [5.41, 5.74) is -0.154. The molecule has 4 heteroatoms. The Morgan fingerprint density at radius 1 is 1.46 bits per heavy atom. The van der Waals surface area contributed by atoms with E-state index in [1.54, 1.807) is 11.6 Å². The Bertz CT molecular complexity index is 297. The number of imidazole rings is 1. The number of hydrogen-bond acceptors (Lipinski definition) is 1. The van der Waals surface area contributed by atoms with Crippen LogP contribution < -0.4 is 0 Å². The van der Waals surface area contributed by atoms with Gasteiger partial charge in [0.15, 0.2) is 0 Å². The molecular formula is C9H14F2N2. The van der Waals surface area contributed by atoms with Gasteiger partial charge in [-0.2, -0.15) is 8.78 Å². The summed E-state index contributed by atoms with van der Waals surface area (Å²) < 4.78 is 27.3. The Kier molecular flexibility index (Phi) is 2.41. The molecule has 2 nitrogen and oxygen atoms in total. The van der Waals surface area contributed by atoms with Gasteiger partial charge in [-0.3, -0.25) is 0 Å². The van der Waals surface area contributed by atoms with E-state index < -0.39 is 5.92 Å². The van der Waals surface area contributed by atoms with Gasteiger partial charge in [-0.15, -0.1) is 0 Å². The maximum atomic E-state index is 12.8. The van der Waals surface area contributed by atoms with Gasteiger partial charge in [0.2, 0.25) is 0 Å². The summed E-state index contributed by atoms with van der Waals surface area (Å²) in [6.45, 7) is 4.72. The molecule has 0 saturated heterocycles. The lowest BCUT2D eigenvalue weighted by atomic mass is 10.2. The zero-order valence-electron chi connectivity index (χ0n) is 8.31. The van der Waals surface area contributed by atoms with Gasteiger partial charge in [0.25, 0.3) is 5.92 Å². The van der Waals surface area contributed by atoms with Gasteiger partial charge in [-0.05, 0) is 0 Å². The fraction of sp³-hybridized carbons (Fsp3) is 0.667. The standard InChI is InChI=1S/C9H14F2N2/c1-6(2)8-12-7(5-13(8)4)9(3,10)11/h5-6H,1-4H3. The predicted octanol–water partition coefficient (Wildman–Crippen LogP) is 2.66. The number of aromatic nitrogens is 2. The molecule has 74 valence electrons. The van der Waals surface area contributed by atoms with Gasteiger partial charge >= 0.3 is 0 Å². The van der Waals surface area contributed by atoms with E-state index in [9.17, 15) is 8.78 Å². The van der Waals surface area contributed by atoms with Crippen molar-refractivity contribution in [1.82, 2.24) is 9.55 Å². The van der Waals surface area contributed by atoms with E-state index in [0.29, 0.717) is 5.82 Å². The van der Waals surface area contributed by atoms with Crippen LogP contribution >= 0.6 is 0 Å². The van der Waals surface area contributed by atoms with E-state index in [1.807, 2.05) is 13.8 Å². The minimum Gasteiger partial charge on any atom is -0.337 e. The number of hydrogen-bond donors (Lipinski definition) is 0. The molecule has 0 aromatic carbocycles. The summed E-state index contributed by atoms with van der Waals surface area (Å²) in [4.78, 5) is 3.89. The largest absolute Gasteiger partial charge is 0.337 e. The third-order valence-corrected chi connectivity index (χ3v) is 1.88. The first-order valence-corrected chi connectivity index (χ1v) is 4.24. The Labute approximate surface area is 76.6 Å². The molecule has 0 aliphatic rings. The van der Waals surface area contributed by atoms with Gasteiger partial charge in [-0.1, -0.05) is 13.8 Å². The van der Waals surface area contributed by atoms with E-state index >= 15 is 0 Å². The monoisotopic (exact) mass is 188 g/mol. The lowest BCUT2D eigenvalue weighted by molar-refractivity contribution is 0.0130. The average Bonchev–Trinajstić information content (AvgIpc) is 2.29. The molecule has 1 aromatic rings. The molecule has 1 aromatic heterocycles. The number of halogens is 2. The zero-order valence-corrected chi connectivity index (χ0v) is 8.31. The Morgan fingerprint density at radius 2 is 2.00 bits per heavy atom. The second-order valence-electron chi connectivity index (χ2n) is 3.64. The normalized spacial score (nSPS) is 12.5. The van der Waals surface area contributed by atoms with Crippen molar-refractivity contribution < 1.29 is 8.78 Å². The molecule has 1 heterocycles. The van der Waals surface area contributed by atoms with Crippen molar-refractivity contribution in [3.63, 3.8) is 0 Å². The highest BCUT2D eigenvalue weighted by molar-refractivity contribution is 5.10. The molecule has 0 saturated carbocycles. The fourth-order valence-corrected chi connectivity index (χ4v) is 1.23. The third kappa shape index (κ3) is 2.05. The zero-order chi connectivity index (χ0) is 10.2. The molecule has 0 bridgehead atoms. The number of aryl methyl sites for hydroxylation is 1. The molecule has 0 fully saturated rings. The van der Waals surface area contributed by atoms with Crippen molar-refractivity contribution in [3.05, 3.63) is 17.7 Å². The van der Waals surface area contributed by atoms with Crippen molar-refractivity contribution in [1.29, 1.82) is 0 Å². The summed E-state index contributed by atoms with van der Waals surface area (Å²) in [6, 6.07) is 0. The van der Waals surface area contributed by atoms with Crippen LogP contribution in [0.15, 0.2) is 6.20 Å². The van der Waals surface area contributed by atoms with E-state index in [2.05, 4.69) is 4.98 Å². The van der Waals surface area contributed by atoms with Crippen molar-refractivity contribution in [3.8, 4) is 0 Å². The summed E-state index contributed by atoms with van der Waals surface area (Å²) in [6.07, 6.45) is 1.38. The molecule has 0 radical (unpaired) electrons. The number of alkyl halides is 2. The lowest BCUT2D eigenvalue weighted by Gasteiger charge is -2.04. The van der Waals surface area contributed by atoms with E-state index in [4.69, 9.17) is 0 Å². The molecule has 0 N–H and O–H groups in total. The maximum Gasteiger partial charge on any atom is 0.288 e.